The maximum Gasteiger partial charge on any atom is 0.250 e. The van der Waals surface area contributed by atoms with Crippen LogP contribution in [0, 0.1) is 0 Å². The molecule has 5 heteroatoms. The van der Waals surface area contributed by atoms with Crippen molar-refractivity contribution in [1.82, 2.24) is 4.57 Å². The maximum absolute atomic E-state index is 11.6. The summed E-state index contributed by atoms with van der Waals surface area (Å²) in [5.41, 5.74) is 2.54. The van der Waals surface area contributed by atoms with Crippen molar-refractivity contribution >= 4 is 21.6 Å². The van der Waals surface area contributed by atoms with E-state index in [1.54, 1.807) is 19.3 Å². The molecule has 2 aromatic rings. The van der Waals surface area contributed by atoms with Crippen molar-refractivity contribution in [1.29, 1.82) is 0 Å². The highest BCUT2D eigenvalue weighted by molar-refractivity contribution is 9.10. The number of oxime groups is 1. The van der Waals surface area contributed by atoms with Gasteiger partial charge in [-0.3, -0.25) is 4.79 Å². The Bertz CT molecular complexity index is 751. The van der Waals surface area contributed by atoms with Gasteiger partial charge in [0.25, 0.3) is 0 Å². The SMILES string of the molecule is CCCCC(C/C(=N\O)c1ccc(=O)n(C)c1)c1ccc(Br)cc1. The van der Waals surface area contributed by atoms with Crippen LogP contribution in [-0.2, 0) is 7.05 Å². The van der Waals surface area contributed by atoms with Gasteiger partial charge in [0.05, 0.1) is 5.71 Å². The summed E-state index contributed by atoms with van der Waals surface area (Å²) in [4.78, 5) is 11.6. The summed E-state index contributed by atoms with van der Waals surface area (Å²) >= 11 is 3.47. The lowest BCUT2D eigenvalue weighted by Gasteiger charge is -2.18. The second-order valence-corrected chi connectivity index (χ2v) is 6.92. The Hall–Kier alpha value is -1.88. The van der Waals surface area contributed by atoms with Crippen LogP contribution in [0.5, 0.6) is 0 Å². The van der Waals surface area contributed by atoms with Crippen molar-refractivity contribution in [3.63, 3.8) is 0 Å². The number of halogens is 1. The number of hydrogen-bond donors (Lipinski definition) is 1. The molecule has 1 unspecified atom stereocenters. The van der Waals surface area contributed by atoms with Gasteiger partial charge in [0.1, 0.15) is 0 Å². The minimum absolute atomic E-state index is 0.0773. The standard InChI is InChI=1S/C19H23BrN2O2/c1-3-4-5-15(14-6-9-17(20)10-7-14)12-18(21-24)16-8-11-19(23)22(2)13-16/h6-11,13,15,24H,3-5,12H2,1-2H3/b21-18+. The van der Waals surface area contributed by atoms with Gasteiger partial charge >= 0.3 is 0 Å². The Morgan fingerprint density at radius 2 is 1.96 bits per heavy atom. The smallest absolute Gasteiger partial charge is 0.250 e. The molecule has 4 nitrogen and oxygen atoms in total. The molecule has 0 aliphatic carbocycles. The highest BCUT2D eigenvalue weighted by Gasteiger charge is 2.17. The number of aryl methyl sites for hydroxylation is 1. The second kappa shape index (κ2) is 8.83. The molecule has 0 spiro atoms. The predicted octanol–water partition coefficient (Wildman–Crippen LogP) is 4.69. The second-order valence-electron chi connectivity index (χ2n) is 6.01. The first-order chi connectivity index (χ1) is 11.5. The predicted molar refractivity (Wildman–Crippen MR) is 101 cm³/mol. The molecule has 0 bridgehead atoms. The average Bonchev–Trinajstić information content (AvgIpc) is 2.59. The van der Waals surface area contributed by atoms with Crippen LogP contribution in [-0.4, -0.2) is 15.5 Å². The van der Waals surface area contributed by atoms with E-state index in [4.69, 9.17) is 0 Å². The highest BCUT2D eigenvalue weighted by Crippen LogP contribution is 2.28. The van der Waals surface area contributed by atoms with Crippen LogP contribution < -0.4 is 5.56 Å². The highest BCUT2D eigenvalue weighted by atomic mass is 79.9. The molecule has 1 aromatic carbocycles. The van der Waals surface area contributed by atoms with Gasteiger partial charge in [-0.1, -0.05) is 53.0 Å². The van der Waals surface area contributed by atoms with E-state index in [2.05, 4.69) is 40.1 Å². The Balaban J connectivity index is 2.27. The minimum atomic E-state index is -0.0773. The van der Waals surface area contributed by atoms with E-state index >= 15 is 0 Å². The monoisotopic (exact) mass is 390 g/mol. The fraction of sp³-hybridized carbons (Fsp3) is 0.368. The largest absolute Gasteiger partial charge is 0.411 e. The number of unbranched alkanes of at least 4 members (excludes halogenated alkanes) is 1. The number of hydrogen-bond acceptors (Lipinski definition) is 3. The van der Waals surface area contributed by atoms with Crippen LogP contribution in [0.3, 0.4) is 0 Å². The molecule has 128 valence electrons. The Morgan fingerprint density at radius 3 is 2.54 bits per heavy atom. The number of aromatic nitrogens is 1. The molecule has 1 aromatic heterocycles. The summed E-state index contributed by atoms with van der Waals surface area (Å²) in [7, 11) is 1.70. The van der Waals surface area contributed by atoms with Crippen molar-refractivity contribution in [2.45, 2.75) is 38.5 Å². The van der Waals surface area contributed by atoms with Crippen LogP contribution in [0.4, 0.5) is 0 Å². The molecule has 2 rings (SSSR count). The Morgan fingerprint density at radius 1 is 1.25 bits per heavy atom. The molecule has 1 atom stereocenters. The molecular weight excluding hydrogens is 368 g/mol. The van der Waals surface area contributed by atoms with Gasteiger partial charge in [-0.2, -0.15) is 0 Å². The first-order valence-corrected chi connectivity index (χ1v) is 8.98. The molecular formula is C19H23BrN2O2. The number of rotatable bonds is 7. The molecule has 0 amide bonds. The number of benzene rings is 1. The summed E-state index contributed by atoms with van der Waals surface area (Å²) in [5.74, 6) is 0.279. The van der Waals surface area contributed by atoms with Gasteiger partial charge < -0.3 is 9.77 Å². The molecule has 0 radical (unpaired) electrons. The molecule has 0 saturated heterocycles. The average molecular weight is 391 g/mol. The molecule has 0 aliphatic heterocycles. The summed E-state index contributed by atoms with van der Waals surface area (Å²) in [6.45, 7) is 2.17. The van der Waals surface area contributed by atoms with Gasteiger partial charge in [0.2, 0.25) is 5.56 Å². The van der Waals surface area contributed by atoms with Crippen LogP contribution in [0.15, 0.2) is 57.0 Å². The minimum Gasteiger partial charge on any atom is -0.411 e. The van der Waals surface area contributed by atoms with Crippen molar-refractivity contribution in [2.75, 3.05) is 0 Å². The molecule has 24 heavy (non-hydrogen) atoms. The van der Waals surface area contributed by atoms with E-state index in [1.165, 1.54) is 16.2 Å². The maximum atomic E-state index is 11.6. The molecule has 0 saturated carbocycles. The van der Waals surface area contributed by atoms with Gasteiger partial charge in [-0.25, -0.2) is 0 Å². The van der Waals surface area contributed by atoms with E-state index in [0.717, 1.165) is 29.3 Å². The normalized spacial score (nSPS) is 13.0. The lowest BCUT2D eigenvalue weighted by Crippen LogP contribution is -2.18. The van der Waals surface area contributed by atoms with E-state index in [-0.39, 0.29) is 11.5 Å². The third-order valence-corrected chi connectivity index (χ3v) is 4.76. The van der Waals surface area contributed by atoms with Crippen molar-refractivity contribution < 1.29 is 5.21 Å². The summed E-state index contributed by atoms with van der Waals surface area (Å²) < 4.78 is 2.55. The zero-order valence-corrected chi connectivity index (χ0v) is 15.7. The van der Waals surface area contributed by atoms with Gasteiger partial charge in [-0.05, 0) is 36.1 Å². The summed E-state index contributed by atoms with van der Waals surface area (Å²) in [5, 5.41) is 13.0. The quantitative estimate of drug-likeness (QED) is 0.423. The Labute approximate surface area is 151 Å². The summed E-state index contributed by atoms with van der Waals surface area (Å²) in [6.07, 6.45) is 5.63. The van der Waals surface area contributed by atoms with Crippen molar-refractivity contribution in [3.8, 4) is 0 Å². The van der Waals surface area contributed by atoms with E-state index in [1.807, 2.05) is 12.1 Å². The summed E-state index contributed by atoms with van der Waals surface area (Å²) in [6, 6.07) is 11.5. The lowest BCUT2D eigenvalue weighted by molar-refractivity contribution is 0.317. The van der Waals surface area contributed by atoms with Crippen molar-refractivity contribution in [2.24, 2.45) is 12.2 Å². The fourth-order valence-electron chi connectivity index (χ4n) is 2.79. The molecule has 1 heterocycles. The van der Waals surface area contributed by atoms with Crippen molar-refractivity contribution in [3.05, 3.63) is 68.5 Å². The zero-order chi connectivity index (χ0) is 17.5. The number of nitrogens with zero attached hydrogens (tertiary/aromatic N) is 2. The van der Waals surface area contributed by atoms with Crippen LogP contribution in [0.25, 0.3) is 0 Å². The Kier molecular flexibility index (Phi) is 6.79. The molecule has 0 aliphatic rings. The van der Waals surface area contributed by atoms with E-state index in [9.17, 15) is 10.0 Å². The molecule has 0 fully saturated rings. The van der Waals surface area contributed by atoms with E-state index in [0.29, 0.717) is 12.1 Å². The lowest BCUT2D eigenvalue weighted by atomic mass is 9.87. The first-order valence-electron chi connectivity index (χ1n) is 8.18. The van der Waals surface area contributed by atoms with Gasteiger partial charge in [0, 0.05) is 35.8 Å². The number of pyridine rings is 1. The van der Waals surface area contributed by atoms with Crippen LogP contribution >= 0.6 is 15.9 Å². The third-order valence-electron chi connectivity index (χ3n) is 4.23. The van der Waals surface area contributed by atoms with E-state index < -0.39 is 0 Å². The van der Waals surface area contributed by atoms with Gasteiger partial charge in [0.15, 0.2) is 0 Å². The fourth-order valence-corrected chi connectivity index (χ4v) is 3.05. The van der Waals surface area contributed by atoms with Crippen LogP contribution in [0.1, 0.15) is 49.7 Å². The van der Waals surface area contributed by atoms with Crippen LogP contribution in [0.2, 0.25) is 0 Å². The first kappa shape index (κ1) is 18.5. The third kappa shape index (κ3) is 4.81. The molecule has 1 N–H and O–H groups in total. The van der Waals surface area contributed by atoms with Gasteiger partial charge in [-0.15, -0.1) is 0 Å². The zero-order valence-electron chi connectivity index (χ0n) is 14.1. The topological polar surface area (TPSA) is 54.6 Å².